The number of benzene rings is 1. The number of carbonyl (C=O) groups is 1. The average molecular weight is 127 g/mol. The highest BCUT2D eigenvalue weighted by Gasteiger charge is 1.93. The minimum atomic E-state index is -1.34. The first-order valence-electron chi connectivity index (χ1n) is 4.68. The highest BCUT2D eigenvalue weighted by atomic mass is 16.3. The summed E-state index contributed by atoms with van der Waals surface area (Å²) in [5.74, 6) is -0.879. The first-order valence-corrected chi connectivity index (χ1v) is 2.18. The molecule has 0 amide bonds. The van der Waals surface area contributed by atoms with Crippen molar-refractivity contribution < 1.29 is 16.8 Å². The molecule has 1 rings (SSSR count). The molecule has 0 aliphatic carbocycles. The number of hydrogen-bond donors (Lipinski definition) is 1. The van der Waals surface area contributed by atoms with Gasteiger partial charge in [-0.25, -0.2) is 0 Å². The Balaban J connectivity index is 3.68. The van der Waals surface area contributed by atoms with Crippen molar-refractivity contribution in [2.24, 2.45) is 0 Å². The number of aldehydes is 1. The monoisotopic (exact) mass is 127 g/mol. The summed E-state index contributed by atoms with van der Waals surface area (Å²) in [6.45, 7) is 0. The molecule has 0 aromatic heterocycles. The number of carbonyl (C=O) groups excluding carboxylic acids is 1. The molecular formula is C7H6O2. The fourth-order valence-corrected chi connectivity index (χ4v) is 0.380. The van der Waals surface area contributed by atoms with E-state index in [1.807, 2.05) is 0 Å². The van der Waals surface area contributed by atoms with E-state index in [0.717, 1.165) is 0 Å². The van der Waals surface area contributed by atoms with Crippen molar-refractivity contribution in [1.29, 1.82) is 0 Å². The molecule has 0 fully saturated rings. The second-order valence-electron chi connectivity index (χ2n) is 1.33. The molecular weight excluding hydrogens is 116 g/mol. The van der Waals surface area contributed by atoms with Crippen LogP contribution in [0.5, 0.6) is 5.75 Å². The quantitative estimate of drug-likeness (QED) is 0.575. The number of phenols is 1. The zero-order valence-corrected chi connectivity index (χ0v) is 4.36. The standard InChI is InChI=1S/C7H6O2/c8-5-6-3-1-2-4-7(6)9/h1-5,9H/i1D,2D,3D,4D,5D. The Morgan fingerprint density at radius 3 is 3.00 bits per heavy atom. The lowest BCUT2D eigenvalue weighted by molar-refractivity contribution is 0.112. The third-order valence-corrected chi connectivity index (χ3v) is 0.770. The SMILES string of the molecule is [2H]C(=O)c1c([2H])c([2H])c([2H])c([2H])c1O. The molecule has 0 radical (unpaired) electrons. The molecule has 1 N–H and O–H groups in total. The molecule has 0 heterocycles. The van der Waals surface area contributed by atoms with Crippen LogP contribution in [0.1, 0.15) is 17.2 Å². The van der Waals surface area contributed by atoms with Gasteiger partial charge in [-0.3, -0.25) is 4.79 Å². The third-order valence-electron chi connectivity index (χ3n) is 0.770. The van der Waals surface area contributed by atoms with Crippen LogP contribution < -0.4 is 0 Å². The highest BCUT2D eigenvalue weighted by molar-refractivity contribution is 5.78. The summed E-state index contributed by atoms with van der Waals surface area (Å²) < 4.78 is 35.4. The molecule has 0 unspecified atom stereocenters. The van der Waals surface area contributed by atoms with Gasteiger partial charge in [-0.05, 0) is 12.1 Å². The van der Waals surface area contributed by atoms with Crippen LogP contribution in [0.3, 0.4) is 0 Å². The second-order valence-corrected chi connectivity index (χ2v) is 1.33. The van der Waals surface area contributed by atoms with Crippen LogP contribution in [0.15, 0.2) is 24.2 Å². The fraction of sp³-hybridized carbons (Fsp3) is 0. The van der Waals surface area contributed by atoms with Crippen LogP contribution in [0.25, 0.3) is 0 Å². The van der Waals surface area contributed by atoms with Gasteiger partial charge in [0.25, 0.3) is 0 Å². The summed E-state index contributed by atoms with van der Waals surface area (Å²) in [6.07, 6.45) is -1.34. The number of para-hydroxylation sites is 1. The zero-order valence-electron chi connectivity index (χ0n) is 9.36. The van der Waals surface area contributed by atoms with E-state index in [9.17, 15) is 9.90 Å². The first kappa shape index (κ1) is 2.14. The van der Waals surface area contributed by atoms with Gasteiger partial charge in [0.1, 0.15) is 7.12 Å². The van der Waals surface area contributed by atoms with Crippen LogP contribution in [0.2, 0.25) is 0 Å². The molecule has 2 heteroatoms. The number of phenolic OH excluding ortho intramolecular Hbond substituents is 1. The Morgan fingerprint density at radius 2 is 2.33 bits per heavy atom. The summed E-state index contributed by atoms with van der Waals surface area (Å²) >= 11 is 0. The molecule has 1 aromatic rings. The average Bonchev–Trinajstić information content (AvgIpc) is 2.11. The molecule has 9 heavy (non-hydrogen) atoms. The van der Waals surface area contributed by atoms with E-state index in [2.05, 4.69) is 0 Å². The Morgan fingerprint density at radius 1 is 1.67 bits per heavy atom. The smallest absolute Gasteiger partial charge is 0.153 e. The molecule has 0 aliphatic rings. The van der Waals surface area contributed by atoms with Crippen LogP contribution in [0, 0.1) is 0 Å². The van der Waals surface area contributed by atoms with Gasteiger partial charge in [0.05, 0.1) is 11.0 Å². The van der Waals surface area contributed by atoms with Gasteiger partial charge in [0, 0.05) is 0 Å². The van der Waals surface area contributed by atoms with E-state index in [-0.39, 0.29) is 0 Å². The zero-order chi connectivity index (χ0) is 11.0. The molecule has 0 atom stereocenters. The van der Waals surface area contributed by atoms with Crippen LogP contribution in [-0.4, -0.2) is 11.4 Å². The van der Waals surface area contributed by atoms with Crippen molar-refractivity contribution in [3.8, 4) is 5.75 Å². The summed E-state index contributed by atoms with van der Waals surface area (Å²) in [5, 5.41) is 9.20. The lowest BCUT2D eigenvalue weighted by atomic mass is 10.2. The first-order chi connectivity index (χ1) is 6.37. The van der Waals surface area contributed by atoms with Crippen molar-refractivity contribution in [2.45, 2.75) is 0 Å². The summed E-state index contributed by atoms with van der Waals surface area (Å²) in [6, 6.07) is -2.66. The van der Waals surface area contributed by atoms with Gasteiger partial charge in [-0.1, -0.05) is 12.1 Å². The van der Waals surface area contributed by atoms with Gasteiger partial charge < -0.3 is 5.11 Å². The minimum absolute atomic E-state index is 0.627. The molecule has 0 spiro atoms. The molecule has 0 saturated carbocycles. The van der Waals surface area contributed by atoms with Crippen molar-refractivity contribution in [1.82, 2.24) is 0 Å². The molecule has 0 bridgehead atoms. The Hall–Kier alpha value is -1.31. The molecule has 46 valence electrons. The normalized spacial score (nSPS) is 16.7. The number of hydrogen-bond acceptors (Lipinski definition) is 2. The molecule has 2 nitrogen and oxygen atoms in total. The lowest BCUT2D eigenvalue weighted by Gasteiger charge is -1.91. The van der Waals surface area contributed by atoms with Crippen molar-refractivity contribution in [2.75, 3.05) is 0 Å². The van der Waals surface area contributed by atoms with Crippen molar-refractivity contribution >= 4 is 6.26 Å². The van der Waals surface area contributed by atoms with Gasteiger partial charge in [-0.2, -0.15) is 0 Å². The van der Waals surface area contributed by atoms with Gasteiger partial charge >= 0.3 is 0 Å². The molecule has 0 aliphatic heterocycles. The second kappa shape index (κ2) is 2.31. The minimum Gasteiger partial charge on any atom is -0.507 e. The Kier molecular flexibility index (Phi) is 0.548. The lowest BCUT2D eigenvalue weighted by Crippen LogP contribution is -1.77. The maximum Gasteiger partial charge on any atom is 0.153 e. The Labute approximate surface area is 59.8 Å². The van der Waals surface area contributed by atoms with Crippen molar-refractivity contribution in [3.63, 3.8) is 0 Å². The summed E-state index contributed by atoms with van der Waals surface area (Å²) in [5.41, 5.74) is -0.698. The van der Waals surface area contributed by atoms with E-state index in [4.69, 9.17) is 6.85 Å². The number of rotatable bonds is 1. The van der Waals surface area contributed by atoms with E-state index < -0.39 is 41.7 Å². The van der Waals surface area contributed by atoms with Crippen LogP contribution >= 0.6 is 0 Å². The summed E-state index contributed by atoms with van der Waals surface area (Å²) in [4.78, 5) is 10.7. The van der Waals surface area contributed by atoms with Crippen LogP contribution in [0.4, 0.5) is 0 Å². The van der Waals surface area contributed by atoms with E-state index >= 15 is 0 Å². The third kappa shape index (κ3) is 1.08. The van der Waals surface area contributed by atoms with Crippen molar-refractivity contribution in [3.05, 3.63) is 29.7 Å². The van der Waals surface area contributed by atoms with Crippen LogP contribution in [-0.2, 0) is 0 Å². The van der Waals surface area contributed by atoms with Gasteiger partial charge in [0.2, 0.25) is 0 Å². The Bertz CT molecular complexity index is 386. The summed E-state index contributed by atoms with van der Waals surface area (Å²) in [7, 11) is 0. The van der Waals surface area contributed by atoms with Gasteiger partial charge in [0.15, 0.2) is 6.26 Å². The molecule has 0 saturated heterocycles. The maximum absolute atomic E-state index is 10.7. The number of aromatic hydroxyl groups is 1. The maximum atomic E-state index is 10.7. The van der Waals surface area contributed by atoms with Gasteiger partial charge in [-0.15, -0.1) is 0 Å². The fourth-order valence-electron chi connectivity index (χ4n) is 0.380. The topological polar surface area (TPSA) is 37.3 Å². The van der Waals surface area contributed by atoms with E-state index in [1.165, 1.54) is 0 Å². The van der Waals surface area contributed by atoms with E-state index in [1.54, 1.807) is 0 Å². The predicted octanol–water partition coefficient (Wildman–Crippen LogP) is 1.20. The molecule has 1 aromatic carbocycles. The predicted molar refractivity (Wildman–Crippen MR) is 33.5 cm³/mol. The largest absolute Gasteiger partial charge is 0.507 e. The van der Waals surface area contributed by atoms with E-state index in [0.29, 0.717) is 0 Å². The highest BCUT2D eigenvalue weighted by Crippen LogP contribution is 2.11.